The number of nitrogens with zero attached hydrogens (tertiary/aromatic N) is 2. The molecule has 3 heteroatoms. The fourth-order valence-corrected chi connectivity index (χ4v) is 2.61. The molecule has 1 N–H and O–H groups in total. The van der Waals surface area contributed by atoms with Crippen LogP contribution in [0.15, 0.2) is 0 Å². The van der Waals surface area contributed by atoms with Crippen LogP contribution in [0.25, 0.3) is 0 Å². The maximum absolute atomic E-state index is 8.63. The lowest BCUT2D eigenvalue weighted by molar-refractivity contribution is 0.265. The molecule has 0 saturated carbocycles. The second kappa shape index (κ2) is 7.76. The molecule has 104 valence electrons. The summed E-state index contributed by atoms with van der Waals surface area (Å²) >= 11 is 0. The van der Waals surface area contributed by atoms with Gasteiger partial charge in [-0.1, -0.05) is 20.8 Å². The van der Waals surface area contributed by atoms with E-state index in [1.807, 2.05) is 0 Å². The van der Waals surface area contributed by atoms with E-state index in [0.717, 1.165) is 25.4 Å². The first-order valence-corrected chi connectivity index (χ1v) is 7.33. The molecule has 0 radical (unpaired) electrons. The molecule has 1 rings (SSSR count). The van der Waals surface area contributed by atoms with Crippen molar-refractivity contribution in [3.63, 3.8) is 0 Å². The highest BCUT2D eigenvalue weighted by Crippen LogP contribution is 2.20. The summed E-state index contributed by atoms with van der Waals surface area (Å²) in [6.07, 6.45) is 4.40. The third-order valence-electron chi connectivity index (χ3n) is 3.78. The quantitative estimate of drug-likeness (QED) is 0.721. The lowest BCUT2D eigenvalue weighted by atomic mass is 9.88. The first-order valence-electron chi connectivity index (χ1n) is 7.33. The molecule has 1 aliphatic heterocycles. The maximum Gasteiger partial charge on any atom is 0.0621 e. The molecule has 1 atom stereocenters. The van der Waals surface area contributed by atoms with Gasteiger partial charge in [-0.05, 0) is 50.2 Å². The zero-order valence-electron chi connectivity index (χ0n) is 12.3. The molecule has 0 amide bonds. The van der Waals surface area contributed by atoms with Crippen molar-refractivity contribution in [1.29, 1.82) is 5.26 Å². The maximum atomic E-state index is 8.63. The molecule has 1 fully saturated rings. The summed E-state index contributed by atoms with van der Waals surface area (Å²) in [5.41, 5.74) is 0.239. The van der Waals surface area contributed by atoms with Gasteiger partial charge in [-0.3, -0.25) is 0 Å². The molecule has 18 heavy (non-hydrogen) atoms. The van der Waals surface area contributed by atoms with Gasteiger partial charge in [-0.15, -0.1) is 0 Å². The summed E-state index contributed by atoms with van der Waals surface area (Å²) in [5, 5.41) is 12.2. The Morgan fingerprint density at radius 2 is 2.00 bits per heavy atom. The molecule has 0 aliphatic carbocycles. The minimum atomic E-state index is 0.239. The monoisotopic (exact) mass is 251 g/mol. The topological polar surface area (TPSA) is 39.1 Å². The molecule has 1 unspecified atom stereocenters. The van der Waals surface area contributed by atoms with Gasteiger partial charge in [0.25, 0.3) is 0 Å². The van der Waals surface area contributed by atoms with Crippen LogP contribution in [0.2, 0.25) is 0 Å². The van der Waals surface area contributed by atoms with E-state index in [1.165, 1.54) is 32.5 Å². The van der Waals surface area contributed by atoms with Gasteiger partial charge in [0.15, 0.2) is 0 Å². The van der Waals surface area contributed by atoms with Crippen molar-refractivity contribution >= 4 is 0 Å². The first-order chi connectivity index (χ1) is 8.53. The first kappa shape index (κ1) is 15.5. The number of nitriles is 1. The van der Waals surface area contributed by atoms with E-state index >= 15 is 0 Å². The zero-order chi connectivity index (χ0) is 13.4. The van der Waals surface area contributed by atoms with Crippen molar-refractivity contribution < 1.29 is 0 Å². The molecule has 1 heterocycles. The molecular weight excluding hydrogens is 222 g/mol. The van der Waals surface area contributed by atoms with E-state index in [9.17, 15) is 0 Å². The van der Waals surface area contributed by atoms with Crippen LogP contribution in [-0.2, 0) is 0 Å². The fourth-order valence-electron chi connectivity index (χ4n) is 2.61. The second-order valence-corrected chi connectivity index (χ2v) is 6.57. The molecule has 0 bridgehead atoms. The summed E-state index contributed by atoms with van der Waals surface area (Å²) in [7, 11) is 0. The summed E-state index contributed by atoms with van der Waals surface area (Å²) in [6.45, 7) is 12.7. The van der Waals surface area contributed by atoms with Crippen molar-refractivity contribution in [2.24, 2.45) is 11.3 Å². The van der Waals surface area contributed by atoms with Gasteiger partial charge in [-0.2, -0.15) is 5.26 Å². The Morgan fingerprint density at radius 1 is 1.33 bits per heavy atom. The number of nitrogens with one attached hydrogen (secondary N) is 1. The van der Waals surface area contributed by atoms with E-state index in [-0.39, 0.29) is 5.41 Å². The zero-order valence-corrected chi connectivity index (χ0v) is 12.3. The van der Waals surface area contributed by atoms with Gasteiger partial charge in [-0.25, -0.2) is 0 Å². The Hall–Kier alpha value is -0.590. The third kappa shape index (κ3) is 6.37. The van der Waals surface area contributed by atoms with E-state index in [0.29, 0.717) is 6.42 Å². The van der Waals surface area contributed by atoms with Gasteiger partial charge in [0.05, 0.1) is 6.07 Å². The minimum absolute atomic E-state index is 0.239. The highest BCUT2D eigenvalue weighted by Gasteiger charge is 2.18. The standard InChI is InChI=1S/C15H29N3/c1-14(12-18-9-4-5-10-18)11-17-13-15(2,3)7-6-8-16/h14,17H,4-7,9-13H2,1-3H3. The average molecular weight is 251 g/mol. The number of rotatable bonds is 8. The molecule has 3 nitrogen and oxygen atoms in total. The molecule has 0 spiro atoms. The number of hydrogen-bond acceptors (Lipinski definition) is 3. The highest BCUT2D eigenvalue weighted by atomic mass is 15.1. The normalized spacial score (nSPS) is 18.8. The van der Waals surface area contributed by atoms with Crippen LogP contribution in [-0.4, -0.2) is 37.6 Å². The van der Waals surface area contributed by atoms with Crippen molar-refractivity contribution in [3.05, 3.63) is 0 Å². The van der Waals surface area contributed by atoms with E-state index in [4.69, 9.17) is 5.26 Å². The molecule has 1 aliphatic rings. The van der Waals surface area contributed by atoms with Crippen LogP contribution in [0.4, 0.5) is 0 Å². The molecular formula is C15H29N3. The average Bonchev–Trinajstić information content (AvgIpc) is 2.79. The van der Waals surface area contributed by atoms with Crippen molar-refractivity contribution in [3.8, 4) is 6.07 Å². The predicted molar refractivity (Wildman–Crippen MR) is 76.3 cm³/mol. The molecule has 0 aromatic carbocycles. The van der Waals surface area contributed by atoms with Gasteiger partial charge >= 0.3 is 0 Å². The Balaban J connectivity index is 2.10. The summed E-state index contributed by atoms with van der Waals surface area (Å²) in [5.74, 6) is 0.717. The highest BCUT2D eigenvalue weighted by molar-refractivity contribution is 4.79. The van der Waals surface area contributed by atoms with Crippen molar-refractivity contribution in [1.82, 2.24) is 10.2 Å². The van der Waals surface area contributed by atoms with Gasteiger partial charge in [0, 0.05) is 19.5 Å². The molecule has 0 aromatic heterocycles. The summed E-state index contributed by atoms with van der Waals surface area (Å²) in [6, 6.07) is 2.24. The van der Waals surface area contributed by atoms with Gasteiger partial charge in [0.1, 0.15) is 0 Å². The largest absolute Gasteiger partial charge is 0.316 e. The fraction of sp³-hybridized carbons (Fsp3) is 0.933. The van der Waals surface area contributed by atoms with Crippen LogP contribution in [0, 0.1) is 22.7 Å². The van der Waals surface area contributed by atoms with Crippen LogP contribution in [0.1, 0.15) is 46.5 Å². The SMILES string of the molecule is CC(CNCC(C)(C)CCC#N)CN1CCCC1. The third-order valence-corrected chi connectivity index (χ3v) is 3.78. The van der Waals surface area contributed by atoms with Crippen LogP contribution < -0.4 is 5.32 Å². The Morgan fingerprint density at radius 3 is 2.61 bits per heavy atom. The number of hydrogen-bond donors (Lipinski definition) is 1. The minimum Gasteiger partial charge on any atom is -0.316 e. The van der Waals surface area contributed by atoms with Crippen LogP contribution in [0.3, 0.4) is 0 Å². The Bertz CT molecular complexity index is 261. The summed E-state index contributed by atoms with van der Waals surface area (Å²) < 4.78 is 0. The Kier molecular flexibility index (Phi) is 6.67. The second-order valence-electron chi connectivity index (χ2n) is 6.57. The van der Waals surface area contributed by atoms with Crippen LogP contribution >= 0.6 is 0 Å². The van der Waals surface area contributed by atoms with Crippen molar-refractivity contribution in [2.45, 2.75) is 46.5 Å². The molecule has 1 saturated heterocycles. The number of likely N-dealkylation sites (tertiary alicyclic amines) is 1. The Labute approximate surface area is 113 Å². The van der Waals surface area contributed by atoms with Gasteiger partial charge in [0.2, 0.25) is 0 Å². The lowest BCUT2D eigenvalue weighted by Gasteiger charge is -2.26. The van der Waals surface area contributed by atoms with E-state index < -0.39 is 0 Å². The summed E-state index contributed by atoms with van der Waals surface area (Å²) in [4.78, 5) is 2.58. The van der Waals surface area contributed by atoms with E-state index in [1.54, 1.807) is 0 Å². The molecule has 0 aromatic rings. The predicted octanol–water partition coefficient (Wildman–Crippen LogP) is 2.64. The lowest BCUT2D eigenvalue weighted by Crippen LogP contribution is -2.36. The van der Waals surface area contributed by atoms with E-state index in [2.05, 4.69) is 37.1 Å². The van der Waals surface area contributed by atoms with Crippen LogP contribution in [0.5, 0.6) is 0 Å². The smallest absolute Gasteiger partial charge is 0.0621 e. The van der Waals surface area contributed by atoms with Crippen molar-refractivity contribution in [2.75, 3.05) is 32.7 Å². The van der Waals surface area contributed by atoms with Gasteiger partial charge < -0.3 is 10.2 Å².